The highest BCUT2D eigenvalue weighted by Gasteiger charge is 2.29. The van der Waals surface area contributed by atoms with Gasteiger partial charge in [0, 0.05) is 18.6 Å². The molecule has 3 nitrogen and oxygen atoms in total. The molecule has 3 rings (SSSR count). The van der Waals surface area contributed by atoms with Gasteiger partial charge >= 0.3 is 0 Å². The lowest BCUT2D eigenvalue weighted by atomic mass is 9.82. The standard InChI is InChI=1S/C15H16N2OS/c1-17(15-16-9-10-19-15)14(18)13-8-4-6-11-5-2-3-7-12(11)13/h2-3,5,7,9-10,13H,4,6,8H2,1H3/t13-/m1/s1. The number of carbonyl (C=O) groups excluding carboxylic acids is 1. The van der Waals surface area contributed by atoms with Gasteiger partial charge in [-0.15, -0.1) is 11.3 Å². The smallest absolute Gasteiger partial charge is 0.236 e. The summed E-state index contributed by atoms with van der Waals surface area (Å²) in [6.45, 7) is 0. The predicted octanol–water partition coefficient (Wildman–Crippen LogP) is 3.23. The average Bonchev–Trinajstić information content (AvgIpc) is 2.99. The van der Waals surface area contributed by atoms with Gasteiger partial charge in [-0.05, 0) is 30.4 Å². The molecular weight excluding hydrogens is 256 g/mol. The van der Waals surface area contributed by atoms with Gasteiger partial charge in [0.05, 0.1) is 5.92 Å². The minimum absolute atomic E-state index is 0.0150. The van der Waals surface area contributed by atoms with Gasteiger partial charge in [0.2, 0.25) is 5.91 Å². The van der Waals surface area contributed by atoms with E-state index in [1.807, 2.05) is 18.5 Å². The van der Waals surface area contributed by atoms with Gasteiger partial charge < -0.3 is 0 Å². The average molecular weight is 272 g/mol. The summed E-state index contributed by atoms with van der Waals surface area (Å²) in [6.07, 6.45) is 4.84. The van der Waals surface area contributed by atoms with Gasteiger partial charge in [-0.2, -0.15) is 0 Å². The second-order valence-electron chi connectivity index (χ2n) is 4.86. The number of anilines is 1. The van der Waals surface area contributed by atoms with Crippen molar-refractivity contribution in [2.24, 2.45) is 0 Å². The highest BCUT2D eigenvalue weighted by molar-refractivity contribution is 7.13. The van der Waals surface area contributed by atoms with Crippen LogP contribution in [0, 0.1) is 0 Å². The molecule has 98 valence electrons. The summed E-state index contributed by atoms with van der Waals surface area (Å²) in [4.78, 5) is 18.6. The van der Waals surface area contributed by atoms with E-state index < -0.39 is 0 Å². The summed E-state index contributed by atoms with van der Waals surface area (Å²) in [5.41, 5.74) is 2.52. The van der Waals surface area contributed by atoms with Crippen LogP contribution >= 0.6 is 11.3 Å². The van der Waals surface area contributed by atoms with Crippen molar-refractivity contribution in [3.63, 3.8) is 0 Å². The quantitative estimate of drug-likeness (QED) is 0.841. The molecule has 0 aliphatic heterocycles. The molecule has 19 heavy (non-hydrogen) atoms. The Bertz CT molecular complexity index is 580. The molecule has 0 bridgehead atoms. The number of hydrogen-bond donors (Lipinski definition) is 0. The van der Waals surface area contributed by atoms with E-state index >= 15 is 0 Å². The zero-order valence-electron chi connectivity index (χ0n) is 10.9. The Balaban J connectivity index is 1.89. The number of rotatable bonds is 2. The highest BCUT2D eigenvalue weighted by atomic mass is 32.1. The summed E-state index contributed by atoms with van der Waals surface area (Å²) in [7, 11) is 1.82. The number of fused-ring (bicyclic) bond motifs is 1. The van der Waals surface area contributed by atoms with Crippen LogP contribution in [0.5, 0.6) is 0 Å². The molecule has 1 aliphatic rings. The van der Waals surface area contributed by atoms with Crippen LogP contribution in [0.1, 0.15) is 29.9 Å². The SMILES string of the molecule is CN(C(=O)[C@@H]1CCCc2ccccc21)c1nccs1. The number of thiazole rings is 1. The third kappa shape index (κ3) is 2.28. The minimum atomic E-state index is -0.0150. The normalized spacial score (nSPS) is 17.8. The van der Waals surface area contributed by atoms with E-state index in [-0.39, 0.29) is 11.8 Å². The molecular formula is C15H16N2OS. The zero-order valence-corrected chi connectivity index (χ0v) is 11.7. The molecule has 1 aromatic heterocycles. The van der Waals surface area contributed by atoms with Gasteiger partial charge in [0.25, 0.3) is 0 Å². The van der Waals surface area contributed by atoms with Crippen molar-refractivity contribution in [2.45, 2.75) is 25.2 Å². The first-order chi connectivity index (χ1) is 9.27. The molecule has 1 aliphatic carbocycles. The van der Waals surface area contributed by atoms with E-state index in [1.54, 1.807) is 11.1 Å². The van der Waals surface area contributed by atoms with Gasteiger partial charge in [-0.3, -0.25) is 9.69 Å². The van der Waals surface area contributed by atoms with Crippen molar-refractivity contribution < 1.29 is 4.79 Å². The topological polar surface area (TPSA) is 33.2 Å². The first kappa shape index (κ1) is 12.4. The van der Waals surface area contributed by atoms with Crippen molar-refractivity contribution in [1.29, 1.82) is 0 Å². The highest BCUT2D eigenvalue weighted by Crippen LogP contribution is 2.33. The van der Waals surface area contributed by atoms with Crippen molar-refractivity contribution >= 4 is 22.4 Å². The van der Waals surface area contributed by atoms with Crippen molar-refractivity contribution in [3.05, 3.63) is 47.0 Å². The number of aryl methyl sites for hydroxylation is 1. The monoisotopic (exact) mass is 272 g/mol. The summed E-state index contributed by atoms with van der Waals surface area (Å²) in [5.74, 6) is 0.140. The maximum Gasteiger partial charge on any atom is 0.236 e. The molecule has 1 heterocycles. The first-order valence-electron chi connectivity index (χ1n) is 6.52. The number of benzene rings is 1. The van der Waals surface area contributed by atoms with E-state index in [4.69, 9.17) is 0 Å². The lowest BCUT2D eigenvalue weighted by Crippen LogP contribution is -2.33. The molecule has 1 atom stereocenters. The number of likely N-dealkylation sites (N-methyl/N-ethyl adjacent to an activating group) is 1. The van der Waals surface area contributed by atoms with Gasteiger partial charge in [0.1, 0.15) is 0 Å². The fourth-order valence-corrected chi connectivity index (χ4v) is 3.33. The third-order valence-electron chi connectivity index (χ3n) is 3.70. The van der Waals surface area contributed by atoms with E-state index in [0.717, 1.165) is 24.4 Å². The summed E-state index contributed by atoms with van der Waals surface area (Å²) in [6, 6.07) is 8.30. The molecule has 0 radical (unpaired) electrons. The van der Waals surface area contributed by atoms with Crippen LogP contribution < -0.4 is 4.90 Å². The lowest BCUT2D eigenvalue weighted by molar-refractivity contribution is -0.120. The van der Waals surface area contributed by atoms with Crippen LogP contribution in [0.4, 0.5) is 5.13 Å². The number of amides is 1. The van der Waals surface area contributed by atoms with Gasteiger partial charge in [-0.1, -0.05) is 24.3 Å². The van der Waals surface area contributed by atoms with Crippen molar-refractivity contribution in [2.75, 3.05) is 11.9 Å². The molecule has 1 aromatic carbocycles. The predicted molar refractivity (Wildman–Crippen MR) is 77.6 cm³/mol. The molecule has 4 heteroatoms. The Morgan fingerprint density at radius 3 is 3.05 bits per heavy atom. The van der Waals surface area contributed by atoms with Gasteiger partial charge in [-0.25, -0.2) is 4.98 Å². The molecule has 1 amide bonds. The number of aromatic nitrogens is 1. The van der Waals surface area contributed by atoms with Gasteiger partial charge in [0.15, 0.2) is 5.13 Å². The van der Waals surface area contributed by atoms with E-state index in [9.17, 15) is 4.79 Å². The molecule has 0 spiro atoms. The molecule has 0 unspecified atom stereocenters. The van der Waals surface area contributed by atoms with E-state index in [2.05, 4.69) is 23.2 Å². The number of carbonyl (C=O) groups is 1. The second kappa shape index (κ2) is 5.13. The Morgan fingerprint density at radius 1 is 1.42 bits per heavy atom. The van der Waals surface area contributed by atoms with Crippen molar-refractivity contribution in [3.8, 4) is 0 Å². The van der Waals surface area contributed by atoms with Crippen LogP contribution in [0.15, 0.2) is 35.8 Å². The van der Waals surface area contributed by atoms with E-state index in [0.29, 0.717) is 0 Å². The Morgan fingerprint density at radius 2 is 2.26 bits per heavy atom. The van der Waals surface area contributed by atoms with Crippen LogP contribution in [-0.4, -0.2) is 17.9 Å². The Labute approximate surface area is 116 Å². The summed E-state index contributed by atoms with van der Waals surface area (Å²) >= 11 is 1.50. The third-order valence-corrected chi connectivity index (χ3v) is 4.55. The van der Waals surface area contributed by atoms with Crippen LogP contribution in [0.2, 0.25) is 0 Å². The molecule has 0 saturated carbocycles. The second-order valence-corrected chi connectivity index (χ2v) is 5.73. The summed E-state index contributed by atoms with van der Waals surface area (Å²) in [5, 5.41) is 2.67. The van der Waals surface area contributed by atoms with E-state index in [1.165, 1.54) is 22.5 Å². The fourth-order valence-electron chi connectivity index (χ4n) is 2.72. The summed E-state index contributed by atoms with van der Waals surface area (Å²) < 4.78 is 0. The maximum absolute atomic E-state index is 12.7. The zero-order chi connectivity index (χ0) is 13.2. The van der Waals surface area contributed by atoms with Crippen molar-refractivity contribution in [1.82, 2.24) is 4.98 Å². The molecule has 2 aromatic rings. The van der Waals surface area contributed by atoms with Crippen LogP contribution in [0.25, 0.3) is 0 Å². The van der Waals surface area contributed by atoms with Crippen LogP contribution in [0.3, 0.4) is 0 Å². The van der Waals surface area contributed by atoms with Crippen LogP contribution in [-0.2, 0) is 11.2 Å². The number of hydrogen-bond acceptors (Lipinski definition) is 3. The first-order valence-corrected chi connectivity index (χ1v) is 7.40. The fraction of sp³-hybridized carbons (Fsp3) is 0.333. The minimum Gasteiger partial charge on any atom is -0.291 e. The largest absolute Gasteiger partial charge is 0.291 e. The molecule has 0 N–H and O–H groups in total. The Kier molecular flexibility index (Phi) is 3.34. The lowest BCUT2D eigenvalue weighted by Gasteiger charge is -2.27. The maximum atomic E-state index is 12.7. The molecule has 0 saturated heterocycles. The number of nitrogens with zero attached hydrogens (tertiary/aromatic N) is 2. The molecule has 0 fully saturated rings. The Hall–Kier alpha value is -1.68.